The van der Waals surface area contributed by atoms with Gasteiger partial charge in [-0.05, 0) is 121 Å². The molecule has 92 heavy (non-hydrogen) atoms. The summed E-state index contributed by atoms with van der Waals surface area (Å²) in [6, 6.07) is 112. The molecule has 20 rings (SSSR count). The van der Waals surface area contributed by atoms with Crippen LogP contribution < -0.4 is 52.1 Å². The summed E-state index contributed by atoms with van der Waals surface area (Å²) in [6.45, 7) is -0.507. The Labute approximate surface area is 531 Å². The Kier molecular flexibility index (Phi) is 10.9. The maximum absolute atomic E-state index is 7.75. The molecule has 0 fully saturated rings. The van der Waals surface area contributed by atoms with Crippen LogP contribution in [-0.2, 0) is 0 Å². The molecule has 0 spiro atoms. The van der Waals surface area contributed by atoms with Gasteiger partial charge in [0.25, 0.3) is 13.4 Å². The largest absolute Gasteiger partial charge is 0.458 e. The number of furan rings is 1. The van der Waals surface area contributed by atoms with E-state index in [0.717, 1.165) is 167 Å². The maximum Gasteiger partial charge on any atom is 0.260 e. The van der Waals surface area contributed by atoms with Crippen LogP contribution in [-0.4, -0.2) is 18.0 Å². The number of aromatic nitrogens is 1. The van der Waals surface area contributed by atoms with Crippen LogP contribution in [0, 0.1) is 0 Å². The SMILES string of the molecule is c1ccc(-c2cccc(-c3cccc(-c4cccc(-c5ccccc5)c4)c3N3c4cc5c(cc4B4c6ccccc6N(c6ccccc6)c6c4c3cc3oc4ccccc4c63)B3c4ccccc4Oc4c3c(cc3c4c4ccccc4n3-c3ccccc3)O5)c2)cc1. The minimum Gasteiger partial charge on any atom is -0.458 e. The fraction of sp³-hybridized carbons (Fsp3) is 0. The summed E-state index contributed by atoms with van der Waals surface area (Å²) in [5.74, 6) is 3.22. The van der Waals surface area contributed by atoms with Gasteiger partial charge in [0, 0.05) is 74.0 Å². The van der Waals surface area contributed by atoms with Crippen molar-refractivity contribution in [3.63, 3.8) is 0 Å². The third-order valence-electron chi connectivity index (χ3n) is 19.6. The molecule has 8 heteroatoms. The molecule has 0 aliphatic carbocycles. The van der Waals surface area contributed by atoms with Crippen molar-refractivity contribution in [2.75, 3.05) is 9.80 Å². The summed E-state index contributed by atoms with van der Waals surface area (Å²) in [5, 5.41) is 4.32. The Hall–Kier alpha value is -12.0. The molecule has 6 nitrogen and oxygen atoms in total. The van der Waals surface area contributed by atoms with Crippen LogP contribution in [0.1, 0.15) is 0 Å². The van der Waals surface area contributed by atoms with Gasteiger partial charge >= 0.3 is 0 Å². The zero-order valence-electron chi connectivity index (χ0n) is 49.7. The number of anilines is 6. The van der Waals surface area contributed by atoms with Gasteiger partial charge in [0.1, 0.15) is 34.2 Å². The monoisotopic (exact) mass is 1170 g/mol. The Bertz CT molecular complexity index is 5650. The predicted molar refractivity (Wildman–Crippen MR) is 382 cm³/mol. The van der Waals surface area contributed by atoms with E-state index in [0.29, 0.717) is 0 Å². The summed E-state index contributed by atoms with van der Waals surface area (Å²) in [5.41, 5.74) is 26.9. The van der Waals surface area contributed by atoms with Crippen LogP contribution in [0.25, 0.3) is 93.9 Å². The average Bonchev–Trinajstić information content (AvgIpc) is 1.00. The first-order valence-corrected chi connectivity index (χ1v) is 31.6. The van der Waals surface area contributed by atoms with Crippen LogP contribution in [0.3, 0.4) is 0 Å². The number of nitrogens with zero attached hydrogens (tertiary/aromatic N) is 3. The van der Waals surface area contributed by atoms with Crippen molar-refractivity contribution in [3.05, 3.63) is 309 Å². The molecule has 0 saturated heterocycles. The molecule has 14 aromatic carbocycles. The highest BCUT2D eigenvalue weighted by Gasteiger charge is 2.49. The Morgan fingerprint density at radius 3 is 1.59 bits per heavy atom. The van der Waals surface area contributed by atoms with Crippen molar-refractivity contribution < 1.29 is 13.9 Å². The van der Waals surface area contributed by atoms with E-state index in [1.165, 1.54) is 16.4 Å². The minimum absolute atomic E-state index is 0.249. The van der Waals surface area contributed by atoms with Gasteiger partial charge in [0.2, 0.25) is 0 Å². The van der Waals surface area contributed by atoms with Gasteiger partial charge in [0.15, 0.2) is 0 Å². The van der Waals surface area contributed by atoms with Gasteiger partial charge in [0.05, 0.1) is 33.2 Å². The molecule has 0 saturated carbocycles. The number of rotatable bonds is 7. The number of para-hydroxylation sites is 7. The first-order chi connectivity index (χ1) is 45.7. The highest BCUT2D eigenvalue weighted by atomic mass is 16.5. The van der Waals surface area contributed by atoms with Gasteiger partial charge in [-0.1, -0.05) is 231 Å². The van der Waals surface area contributed by atoms with Crippen molar-refractivity contribution in [1.29, 1.82) is 0 Å². The van der Waals surface area contributed by atoms with E-state index < -0.39 is 0 Å². The molecule has 426 valence electrons. The van der Waals surface area contributed by atoms with Gasteiger partial charge in [-0.25, -0.2) is 0 Å². The van der Waals surface area contributed by atoms with Crippen molar-refractivity contribution in [2.24, 2.45) is 0 Å². The van der Waals surface area contributed by atoms with E-state index in [9.17, 15) is 0 Å². The van der Waals surface area contributed by atoms with Crippen molar-refractivity contribution in [2.45, 2.75) is 0 Å². The van der Waals surface area contributed by atoms with E-state index in [-0.39, 0.29) is 13.4 Å². The van der Waals surface area contributed by atoms with Gasteiger partial charge < -0.3 is 28.3 Å². The quantitative estimate of drug-likeness (QED) is 0.149. The van der Waals surface area contributed by atoms with Crippen molar-refractivity contribution in [3.8, 4) is 73.2 Å². The third-order valence-corrected chi connectivity index (χ3v) is 19.6. The lowest BCUT2D eigenvalue weighted by atomic mass is 9.30. The van der Waals surface area contributed by atoms with Crippen LogP contribution >= 0.6 is 0 Å². The molecule has 4 aliphatic rings. The predicted octanol–water partition coefficient (Wildman–Crippen LogP) is 18.2. The van der Waals surface area contributed by atoms with Gasteiger partial charge in [-0.15, -0.1) is 0 Å². The second kappa shape index (κ2) is 19.8. The third kappa shape index (κ3) is 7.40. The van der Waals surface area contributed by atoms with E-state index >= 15 is 0 Å². The first-order valence-electron chi connectivity index (χ1n) is 31.6. The van der Waals surface area contributed by atoms with Gasteiger partial charge in [-0.3, -0.25) is 0 Å². The number of ether oxygens (including phenoxy) is 2. The average molecular weight is 1170 g/mol. The zero-order valence-corrected chi connectivity index (χ0v) is 49.7. The van der Waals surface area contributed by atoms with Crippen LogP contribution in [0.5, 0.6) is 23.0 Å². The number of benzene rings is 14. The molecular formula is C84H51B2N3O3. The topological polar surface area (TPSA) is 43.0 Å². The normalized spacial score (nSPS) is 13.1. The Morgan fingerprint density at radius 1 is 0.283 bits per heavy atom. The molecule has 0 unspecified atom stereocenters. The molecule has 6 heterocycles. The van der Waals surface area contributed by atoms with Gasteiger partial charge in [-0.2, -0.15) is 0 Å². The minimum atomic E-state index is -0.258. The van der Waals surface area contributed by atoms with Crippen LogP contribution in [0.15, 0.2) is 314 Å². The molecule has 0 N–H and O–H groups in total. The number of fused-ring (bicyclic) bond motifs is 16. The standard InChI is InChI=1S/C84H51B2N3O3/c1-5-24-52(25-6-1)54-28-21-30-56(46-54)60-38-23-39-61(57-31-22-29-55(47-57)53-26-7-2-8-27-53)82(60)89-70-49-75-67(86-65-41-16-20-45-74(65)92-84-78-62-36-13-17-42-68(62)87(58-32-9-3-10-33-58)71(78)50-77(91-75)81(84)86)48-66(70)85-64-40-15-18-43-69(64)88(59-34-11-4-12-35-59)83-79-63-37-14-19-44-73(63)90-76(79)51-72(89)80(83)85/h1-51H. The lowest BCUT2D eigenvalue weighted by molar-refractivity contribution is 0.468. The smallest absolute Gasteiger partial charge is 0.260 e. The molecular weight excluding hydrogens is 1120 g/mol. The van der Waals surface area contributed by atoms with E-state index in [2.05, 4.69) is 324 Å². The molecule has 4 aliphatic heterocycles. The van der Waals surface area contributed by atoms with E-state index in [1.54, 1.807) is 0 Å². The molecule has 2 aromatic heterocycles. The number of hydrogen-bond acceptors (Lipinski definition) is 5. The summed E-state index contributed by atoms with van der Waals surface area (Å²) in [7, 11) is 0. The van der Waals surface area contributed by atoms with Crippen LogP contribution in [0.4, 0.5) is 34.1 Å². The Balaban J connectivity index is 0.934. The first kappa shape index (κ1) is 51.0. The maximum atomic E-state index is 7.75. The second-order valence-electron chi connectivity index (χ2n) is 24.5. The lowest BCUT2D eigenvalue weighted by Crippen LogP contribution is -2.64. The van der Waals surface area contributed by atoms with Crippen molar-refractivity contribution in [1.82, 2.24) is 4.57 Å². The molecule has 0 radical (unpaired) electrons. The highest BCUT2D eigenvalue weighted by molar-refractivity contribution is 7.02. The molecule has 0 atom stereocenters. The fourth-order valence-electron chi connectivity index (χ4n) is 15.8. The lowest BCUT2D eigenvalue weighted by Gasteiger charge is -2.45. The summed E-state index contributed by atoms with van der Waals surface area (Å²) in [4.78, 5) is 5.09. The summed E-state index contributed by atoms with van der Waals surface area (Å²) in [6.07, 6.45) is 0. The molecule has 16 aromatic rings. The van der Waals surface area contributed by atoms with Crippen molar-refractivity contribution >= 4 is 124 Å². The summed E-state index contributed by atoms with van der Waals surface area (Å²) < 4.78 is 24.7. The fourth-order valence-corrected chi connectivity index (χ4v) is 15.8. The van der Waals surface area contributed by atoms with E-state index in [4.69, 9.17) is 13.9 Å². The Morgan fingerprint density at radius 2 is 0.859 bits per heavy atom. The second-order valence-corrected chi connectivity index (χ2v) is 24.5. The number of hydrogen-bond donors (Lipinski definition) is 0. The highest BCUT2D eigenvalue weighted by Crippen LogP contribution is 2.55. The molecule has 0 amide bonds. The van der Waals surface area contributed by atoms with Crippen LogP contribution in [0.2, 0.25) is 0 Å². The zero-order chi connectivity index (χ0) is 60.1. The van der Waals surface area contributed by atoms with E-state index in [1.807, 2.05) is 0 Å². The molecule has 0 bridgehead atoms. The summed E-state index contributed by atoms with van der Waals surface area (Å²) >= 11 is 0.